The maximum atomic E-state index is 13.1. The van der Waals surface area contributed by atoms with E-state index in [1.54, 1.807) is 0 Å². The summed E-state index contributed by atoms with van der Waals surface area (Å²) in [6, 6.07) is 14.6. The van der Waals surface area contributed by atoms with Gasteiger partial charge in [-0.05, 0) is 63.9 Å². The fourth-order valence-electron chi connectivity index (χ4n) is 4.07. The first-order chi connectivity index (χ1) is 14.0. The lowest BCUT2D eigenvalue weighted by atomic mass is 9.88. The molecule has 29 heavy (non-hydrogen) atoms. The van der Waals surface area contributed by atoms with Crippen LogP contribution in [-0.4, -0.2) is 43.0 Å². The molecule has 1 amide bonds. The maximum Gasteiger partial charge on any atom is 0.252 e. The number of nitrogens with zero attached hydrogens (tertiary/aromatic N) is 2. The zero-order chi connectivity index (χ0) is 20.4. The Balaban J connectivity index is 1.83. The average molecular weight is 388 g/mol. The third kappa shape index (κ3) is 4.18. The van der Waals surface area contributed by atoms with Crippen molar-refractivity contribution in [2.45, 2.75) is 32.6 Å². The van der Waals surface area contributed by atoms with E-state index >= 15 is 0 Å². The highest BCUT2D eigenvalue weighted by Gasteiger charge is 2.19. The van der Waals surface area contributed by atoms with Gasteiger partial charge in [0.1, 0.15) is 0 Å². The van der Waals surface area contributed by atoms with Crippen molar-refractivity contribution >= 4 is 16.8 Å². The Hall–Kier alpha value is -2.72. The second-order valence-electron chi connectivity index (χ2n) is 8.29. The standard InChI is InChI=1S/C25H29N3O/c1-17-8-10-19(11-9-17)23-16-22(25(29)26-14-15-28(2)3)21-13-12-18-6-4-5-7-20(18)24(21)27-23/h8-13,16H,4-7,14-15H2,1-3H3,(H,26,29). The van der Waals surface area contributed by atoms with Gasteiger partial charge in [0.2, 0.25) is 0 Å². The summed E-state index contributed by atoms with van der Waals surface area (Å²) in [7, 11) is 4.02. The summed E-state index contributed by atoms with van der Waals surface area (Å²) in [6.07, 6.45) is 4.56. The van der Waals surface area contributed by atoms with E-state index in [9.17, 15) is 4.79 Å². The molecule has 0 spiro atoms. The normalized spacial score (nSPS) is 13.5. The van der Waals surface area contributed by atoms with Gasteiger partial charge in [-0.15, -0.1) is 0 Å². The van der Waals surface area contributed by atoms with Crippen LogP contribution in [-0.2, 0) is 12.8 Å². The van der Waals surface area contributed by atoms with Crippen LogP contribution >= 0.6 is 0 Å². The lowest BCUT2D eigenvalue weighted by Crippen LogP contribution is -2.31. The number of aryl methyl sites for hydroxylation is 3. The summed E-state index contributed by atoms with van der Waals surface area (Å²) < 4.78 is 0. The molecule has 150 valence electrons. The summed E-state index contributed by atoms with van der Waals surface area (Å²) in [5.74, 6) is -0.0247. The Labute approximate surface area is 173 Å². The first kappa shape index (κ1) is 19.6. The number of aromatic nitrogens is 1. The molecule has 1 aromatic heterocycles. The number of carbonyl (C=O) groups is 1. The summed E-state index contributed by atoms with van der Waals surface area (Å²) in [5.41, 5.74) is 7.56. The fraction of sp³-hybridized carbons (Fsp3) is 0.360. The predicted molar refractivity (Wildman–Crippen MR) is 119 cm³/mol. The molecule has 0 saturated heterocycles. The molecule has 0 unspecified atom stereocenters. The molecular formula is C25H29N3O. The molecule has 4 nitrogen and oxygen atoms in total. The summed E-state index contributed by atoms with van der Waals surface area (Å²) in [4.78, 5) is 20.2. The Bertz CT molecular complexity index is 1040. The number of benzene rings is 2. The van der Waals surface area contributed by atoms with Crippen molar-refractivity contribution in [1.29, 1.82) is 0 Å². The van der Waals surface area contributed by atoms with E-state index in [0.29, 0.717) is 6.54 Å². The van der Waals surface area contributed by atoms with Crippen molar-refractivity contribution in [2.75, 3.05) is 27.2 Å². The second-order valence-corrected chi connectivity index (χ2v) is 8.29. The molecule has 0 aliphatic heterocycles. The fourth-order valence-corrected chi connectivity index (χ4v) is 4.07. The molecule has 0 saturated carbocycles. The quantitative estimate of drug-likeness (QED) is 0.707. The first-order valence-electron chi connectivity index (χ1n) is 10.5. The number of carbonyl (C=O) groups excluding carboxylic acids is 1. The zero-order valence-corrected chi connectivity index (χ0v) is 17.6. The van der Waals surface area contributed by atoms with E-state index in [1.807, 2.05) is 20.2 Å². The number of hydrogen-bond acceptors (Lipinski definition) is 3. The third-order valence-electron chi connectivity index (χ3n) is 5.74. The molecule has 1 aliphatic rings. The van der Waals surface area contributed by atoms with Crippen LogP contribution in [0, 0.1) is 6.92 Å². The van der Waals surface area contributed by atoms with Crippen molar-refractivity contribution in [3.8, 4) is 11.3 Å². The minimum absolute atomic E-state index is 0.0247. The second kappa shape index (κ2) is 8.34. The van der Waals surface area contributed by atoms with Gasteiger partial charge in [-0.1, -0.05) is 42.0 Å². The van der Waals surface area contributed by atoms with Crippen LogP contribution in [0.4, 0.5) is 0 Å². The average Bonchev–Trinajstić information content (AvgIpc) is 2.73. The molecule has 2 aromatic carbocycles. The molecule has 4 rings (SSSR count). The molecule has 1 aliphatic carbocycles. The van der Waals surface area contributed by atoms with Crippen LogP contribution in [0.2, 0.25) is 0 Å². The highest BCUT2D eigenvalue weighted by molar-refractivity contribution is 6.08. The van der Waals surface area contributed by atoms with Gasteiger partial charge >= 0.3 is 0 Å². The van der Waals surface area contributed by atoms with Gasteiger partial charge in [0, 0.05) is 24.0 Å². The molecular weight excluding hydrogens is 358 g/mol. The van der Waals surface area contributed by atoms with Crippen LogP contribution in [0.5, 0.6) is 0 Å². The van der Waals surface area contributed by atoms with Crippen LogP contribution in [0.25, 0.3) is 22.2 Å². The summed E-state index contributed by atoms with van der Waals surface area (Å²) >= 11 is 0. The zero-order valence-electron chi connectivity index (χ0n) is 17.6. The molecule has 1 N–H and O–H groups in total. The number of rotatable bonds is 5. The lowest BCUT2D eigenvalue weighted by molar-refractivity contribution is 0.0952. The number of nitrogens with one attached hydrogen (secondary N) is 1. The molecule has 0 radical (unpaired) electrons. The minimum atomic E-state index is -0.0247. The Kier molecular flexibility index (Phi) is 5.63. The molecule has 0 fully saturated rings. The summed E-state index contributed by atoms with van der Waals surface area (Å²) in [6.45, 7) is 3.52. The van der Waals surface area contributed by atoms with Crippen LogP contribution < -0.4 is 5.32 Å². The Morgan fingerprint density at radius 2 is 1.83 bits per heavy atom. The van der Waals surface area contributed by atoms with Gasteiger partial charge in [0.15, 0.2) is 0 Å². The van der Waals surface area contributed by atoms with Crippen molar-refractivity contribution < 1.29 is 4.79 Å². The van der Waals surface area contributed by atoms with Crippen molar-refractivity contribution in [3.63, 3.8) is 0 Å². The van der Waals surface area contributed by atoms with Crippen molar-refractivity contribution in [2.24, 2.45) is 0 Å². The van der Waals surface area contributed by atoms with Crippen molar-refractivity contribution in [1.82, 2.24) is 15.2 Å². The van der Waals surface area contributed by atoms with E-state index in [0.717, 1.165) is 47.1 Å². The van der Waals surface area contributed by atoms with Crippen LogP contribution in [0.3, 0.4) is 0 Å². The Morgan fingerprint density at radius 1 is 1.07 bits per heavy atom. The maximum absolute atomic E-state index is 13.1. The first-order valence-corrected chi connectivity index (χ1v) is 10.5. The monoisotopic (exact) mass is 387 g/mol. The van der Waals surface area contributed by atoms with Gasteiger partial charge in [0.25, 0.3) is 5.91 Å². The van der Waals surface area contributed by atoms with Gasteiger partial charge < -0.3 is 10.2 Å². The highest BCUT2D eigenvalue weighted by Crippen LogP contribution is 2.32. The minimum Gasteiger partial charge on any atom is -0.351 e. The van der Waals surface area contributed by atoms with Gasteiger partial charge in [0.05, 0.1) is 16.8 Å². The van der Waals surface area contributed by atoms with E-state index in [-0.39, 0.29) is 5.91 Å². The van der Waals surface area contributed by atoms with Gasteiger partial charge in [-0.2, -0.15) is 0 Å². The van der Waals surface area contributed by atoms with E-state index in [1.165, 1.54) is 29.5 Å². The number of likely N-dealkylation sites (N-methyl/N-ethyl adjacent to an activating group) is 1. The van der Waals surface area contributed by atoms with Crippen LogP contribution in [0.1, 0.15) is 39.9 Å². The van der Waals surface area contributed by atoms with Gasteiger partial charge in [-0.25, -0.2) is 4.98 Å². The third-order valence-corrected chi connectivity index (χ3v) is 5.74. The topological polar surface area (TPSA) is 45.2 Å². The lowest BCUT2D eigenvalue weighted by Gasteiger charge is -2.19. The molecule has 0 atom stereocenters. The van der Waals surface area contributed by atoms with E-state index < -0.39 is 0 Å². The molecule has 3 aromatic rings. The van der Waals surface area contributed by atoms with Gasteiger partial charge in [-0.3, -0.25) is 4.79 Å². The number of hydrogen-bond donors (Lipinski definition) is 1. The van der Waals surface area contributed by atoms with E-state index in [2.05, 4.69) is 53.5 Å². The van der Waals surface area contributed by atoms with Crippen LogP contribution in [0.15, 0.2) is 42.5 Å². The van der Waals surface area contributed by atoms with E-state index in [4.69, 9.17) is 4.98 Å². The Morgan fingerprint density at radius 3 is 2.59 bits per heavy atom. The SMILES string of the molecule is Cc1ccc(-c2cc(C(=O)NCCN(C)C)c3ccc4c(c3n2)CCCC4)cc1. The number of amides is 1. The number of pyridine rings is 1. The highest BCUT2D eigenvalue weighted by atomic mass is 16.1. The molecule has 4 heteroatoms. The largest absolute Gasteiger partial charge is 0.351 e. The predicted octanol–water partition coefficient (Wildman–Crippen LogP) is 4.38. The number of fused-ring (bicyclic) bond motifs is 3. The van der Waals surface area contributed by atoms with Crippen molar-refractivity contribution in [3.05, 3.63) is 64.7 Å². The molecule has 1 heterocycles. The summed E-state index contributed by atoms with van der Waals surface area (Å²) in [5, 5.41) is 4.04. The molecule has 0 bridgehead atoms. The smallest absolute Gasteiger partial charge is 0.252 e.